The first-order chi connectivity index (χ1) is 20.6. The number of nitrogens with zero attached hydrogens (tertiary/aromatic N) is 5. The first kappa shape index (κ1) is 31.9. The molecule has 0 radical (unpaired) electrons. The third-order valence-corrected chi connectivity index (χ3v) is 8.50. The van der Waals surface area contributed by atoms with E-state index in [9.17, 15) is 24.8 Å². The second-order valence-corrected chi connectivity index (χ2v) is 11.7. The number of fused-ring (bicyclic) bond motifs is 1. The first-order valence-corrected chi connectivity index (χ1v) is 15.3. The monoisotopic (exact) mass is 613 g/mol. The Morgan fingerprint density at radius 3 is 2.65 bits per heavy atom. The lowest BCUT2D eigenvalue weighted by atomic mass is 9.92. The number of nitriles is 1. The summed E-state index contributed by atoms with van der Waals surface area (Å²) in [6.07, 6.45) is -1.88. The summed E-state index contributed by atoms with van der Waals surface area (Å²) in [4.78, 5) is 20.3. The molecule has 0 bridgehead atoms. The summed E-state index contributed by atoms with van der Waals surface area (Å²) in [5.74, 6) is 2.19. The first-order valence-electron chi connectivity index (χ1n) is 13.7. The van der Waals surface area contributed by atoms with Gasteiger partial charge in [-0.15, -0.1) is 0 Å². The molecule has 2 aromatic heterocycles. The van der Waals surface area contributed by atoms with Crippen LogP contribution >= 0.6 is 7.60 Å². The predicted octanol–water partition coefficient (Wildman–Crippen LogP) is 3.10. The molecule has 1 saturated heterocycles. The maximum absolute atomic E-state index is 13.8. The van der Waals surface area contributed by atoms with Crippen LogP contribution in [0.25, 0.3) is 10.4 Å². The normalized spacial score (nSPS) is 23.6. The molecule has 0 unspecified atom stereocenters. The maximum Gasteiger partial charge on any atom is 0.530 e. The molecule has 1 fully saturated rings. The third kappa shape index (κ3) is 6.80. The van der Waals surface area contributed by atoms with E-state index in [4.69, 9.17) is 24.3 Å². The Morgan fingerprint density at radius 2 is 1.98 bits per heavy atom. The van der Waals surface area contributed by atoms with Crippen LogP contribution in [0.3, 0.4) is 0 Å². The minimum atomic E-state index is -4.36. The highest BCUT2D eigenvalue weighted by Crippen LogP contribution is 2.49. The van der Waals surface area contributed by atoms with Crippen LogP contribution in [0.15, 0.2) is 48.8 Å². The van der Waals surface area contributed by atoms with Gasteiger partial charge in [0.25, 0.3) is 0 Å². The Balaban J connectivity index is 1.55. The van der Waals surface area contributed by atoms with E-state index in [1.54, 1.807) is 24.3 Å². The quantitative estimate of drug-likeness (QED) is 0.211. The van der Waals surface area contributed by atoms with Crippen LogP contribution in [0.4, 0.5) is 5.82 Å². The molecule has 4 rings (SSSR count). The van der Waals surface area contributed by atoms with Crippen molar-refractivity contribution in [1.29, 1.82) is 5.26 Å². The summed E-state index contributed by atoms with van der Waals surface area (Å²) < 4.78 is 37.4. The van der Waals surface area contributed by atoms with Gasteiger partial charge in [-0.2, -0.15) is 10.4 Å². The summed E-state index contributed by atoms with van der Waals surface area (Å²) in [5.41, 5.74) is 4.25. The lowest BCUT2D eigenvalue weighted by Crippen LogP contribution is -2.41. The number of benzene rings is 1. The maximum atomic E-state index is 13.8. The SMILES string of the molecule is CCC(CC)COC(=O)[C@H](C)[N+]#C[P@](=O)(OC[C@H]1O[C@@](C#N)(c2ccc3c(N)ncnn23)[C@H](O)[C@@H]1O)Oc1ccccc1. The Kier molecular flexibility index (Phi) is 10.0. The van der Waals surface area contributed by atoms with Crippen molar-refractivity contribution in [2.75, 3.05) is 18.9 Å². The van der Waals surface area contributed by atoms with Gasteiger partial charge in [0, 0.05) is 6.92 Å². The molecule has 14 nitrogen and oxygen atoms in total. The number of rotatable bonds is 11. The van der Waals surface area contributed by atoms with Gasteiger partial charge < -0.3 is 29.9 Å². The lowest BCUT2D eigenvalue weighted by Gasteiger charge is -2.24. The number of aliphatic hydroxyl groups excluding tert-OH is 2. The summed E-state index contributed by atoms with van der Waals surface area (Å²) in [6.45, 7) is 5.08. The predicted molar refractivity (Wildman–Crippen MR) is 154 cm³/mol. The molecule has 3 heterocycles. The average Bonchev–Trinajstić information content (AvgIpc) is 3.56. The van der Waals surface area contributed by atoms with Gasteiger partial charge in [0.05, 0.1) is 18.9 Å². The number of nitrogens with two attached hydrogens (primary N) is 1. The molecule has 3 aromatic rings. The fraction of sp³-hybridized carbons (Fsp3) is 0.464. The van der Waals surface area contributed by atoms with E-state index in [-0.39, 0.29) is 29.8 Å². The fourth-order valence-electron chi connectivity index (χ4n) is 4.47. The van der Waals surface area contributed by atoms with E-state index in [2.05, 4.69) is 20.7 Å². The summed E-state index contributed by atoms with van der Waals surface area (Å²) in [5, 5.41) is 36.1. The standard InChI is InChI=1S/C28H34N6O8P/c1-4-19(5-2)13-39-27(37)18(3)32-17-43(38,42-20-9-7-6-8-10-20)40-14-22-24(35)25(36)28(15-29,41-22)23-12-11-21-26(30)31-16-33-34(21)23/h6-12,16,18-19,22,24-25,35-36H,4-5,13-14H2,1-3H3,(H2,30,31,33)/q+1/t18-,22+,24+,25+,28-,43-/m0/s1. The Bertz CT molecular complexity index is 1580. The van der Waals surface area contributed by atoms with Crippen molar-refractivity contribution in [3.8, 4) is 17.6 Å². The van der Waals surface area contributed by atoms with Crippen LogP contribution in [-0.4, -0.2) is 68.3 Å². The third-order valence-electron chi connectivity index (χ3n) is 7.20. The molecule has 6 atom stereocenters. The van der Waals surface area contributed by atoms with Crippen LogP contribution in [0.5, 0.6) is 5.75 Å². The highest BCUT2D eigenvalue weighted by Gasteiger charge is 2.58. The van der Waals surface area contributed by atoms with Gasteiger partial charge in [0.1, 0.15) is 42.0 Å². The minimum absolute atomic E-state index is 0.0886. The van der Waals surface area contributed by atoms with Crippen molar-refractivity contribution in [3.05, 3.63) is 59.3 Å². The smallest absolute Gasteiger partial charge is 0.460 e. The number of hydrogen-bond acceptors (Lipinski definition) is 12. The second-order valence-electron chi connectivity index (χ2n) is 10.0. The zero-order valence-electron chi connectivity index (χ0n) is 23.9. The number of carbonyl (C=O) groups excluding carboxylic acids is 1. The number of carbonyl (C=O) groups is 1. The fourth-order valence-corrected chi connectivity index (χ4v) is 5.68. The van der Waals surface area contributed by atoms with Gasteiger partial charge in [-0.3, -0.25) is 4.52 Å². The number of aliphatic hydroxyl groups is 2. The van der Waals surface area contributed by atoms with Gasteiger partial charge in [0.15, 0.2) is 5.82 Å². The van der Waals surface area contributed by atoms with E-state index in [0.717, 1.165) is 12.8 Å². The molecule has 0 aliphatic carbocycles. The van der Waals surface area contributed by atoms with Crippen molar-refractivity contribution in [3.63, 3.8) is 0 Å². The van der Waals surface area contributed by atoms with Crippen molar-refractivity contribution >= 4 is 24.9 Å². The number of anilines is 1. The number of aromatic nitrogens is 3. The van der Waals surface area contributed by atoms with Crippen LogP contribution in [-0.2, 0) is 29.0 Å². The zero-order valence-corrected chi connectivity index (χ0v) is 24.8. The molecule has 43 heavy (non-hydrogen) atoms. The Labute approximate surface area is 248 Å². The highest BCUT2D eigenvalue weighted by molar-refractivity contribution is 7.59. The molecule has 228 valence electrons. The minimum Gasteiger partial charge on any atom is -0.460 e. The van der Waals surface area contributed by atoms with E-state index in [1.807, 2.05) is 19.9 Å². The number of ether oxygens (including phenoxy) is 2. The van der Waals surface area contributed by atoms with Crippen LogP contribution < -0.4 is 10.3 Å². The summed E-state index contributed by atoms with van der Waals surface area (Å²) >= 11 is 0. The van der Waals surface area contributed by atoms with Crippen LogP contribution in [0.2, 0.25) is 0 Å². The Morgan fingerprint density at radius 1 is 1.26 bits per heavy atom. The number of nitrogen functional groups attached to an aromatic ring is 1. The number of para-hydroxylation sites is 1. The van der Waals surface area contributed by atoms with Gasteiger partial charge in [-0.25, -0.2) is 18.9 Å². The average molecular weight is 614 g/mol. The van der Waals surface area contributed by atoms with Crippen molar-refractivity contribution < 1.29 is 38.1 Å². The molecule has 1 aliphatic rings. The van der Waals surface area contributed by atoms with Gasteiger partial charge >= 0.3 is 25.4 Å². The van der Waals surface area contributed by atoms with E-state index in [0.29, 0.717) is 5.52 Å². The zero-order chi connectivity index (χ0) is 31.2. The van der Waals surface area contributed by atoms with Crippen molar-refractivity contribution in [1.82, 2.24) is 14.6 Å². The van der Waals surface area contributed by atoms with Gasteiger partial charge in [-0.1, -0.05) is 49.7 Å². The Hall–Kier alpha value is -4.04. The topological polar surface area (TPSA) is 196 Å². The molecule has 1 aromatic carbocycles. The molecular weight excluding hydrogens is 579 g/mol. The molecule has 0 amide bonds. The van der Waals surface area contributed by atoms with E-state index >= 15 is 0 Å². The largest absolute Gasteiger partial charge is 0.530 e. The van der Waals surface area contributed by atoms with Crippen LogP contribution in [0.1, 0.15) is 39.3 Å². The molecular formula is C28H34N6O8P+. The van der Waals surface area contributed by atoms with Gasteiger partial charge in [0.2, 0.25) is 5.60 Å². The molecule has 0 saturated carbocycles. The summed E-state index contributed by atoms with van der Waals surface area (Å²) in [7, 11) is -4.36. The second kappa shape index (κ2) is 13.5. The van der Waals surface area contributed by atoms with Gasteiger partial charge in [-0.05, 0) is 30.2 Å². The highest BCUT2D eigenvalue weighted by atomic mass is 31.2. The molecule has 15 heteroatoms. The van der Waals surface area contributed by atoms with E-state index < -0.39 is 50.1 Å². The van der Waals surface area contributed by atoms with Crippen molar-refractivity contribution in [2.24, 2.45) is 5.92 Å². The lowest BCUT2D eigenvalue weighted by molar-refractivity contribution is -0.145. The molecule has 0 spiro atoms. The molecule has 4 N–H and O–H groups in total. The number of esters is 1. The molecule has 1 aliphatic heterocycles. The summed E-state index contributed by atoms with van der Waals surface area (Å²) in [6, 6.07) is 11.9. The van der Waals surface area contributed by atoms with Crippen molar-refractivity contribution in [2.45, 2.75) is 63.6 Å². The van der Waals surface area contributed by atoms with E-state index in [1.165, 1.54) is 36.0 Å². The van der Waals surface area contributed by atoms with Crippen LogP contribution in [0, 0.1) is 23.1 Å². The number of hydrogen-bond donors (Lipinski definition) is 3.